The summed E-state index contributed by atoms with van der Waals surface area (Å²) in [4.78, 5) is 20.0. The van der Waals surface area contributed by atoms with Crippen molar-refractivity contribution in [1.29, 1.82) is 0 Å². The number of para-hydroxylation sites is 1. The fourth-order valence-electron chi connectivity index (χ4n) is 4.94. The third kappa shape index (κ3) is 3.55. The molecule has 8 heteroatoms. The summed E-state index contributed by atoms with van der Waals surface area (Å²) in [5.41, 5.74) is 4.26. The van der Waals surface area contributed by atoms with Gasteiger partial charge in [0.2, 0.25) is 5.91 Å². The minimum absolute atomic E-state index is 0.108. The van der Waals surface area contributed by atoms with Gasteiger partial charge in [0.05, 0.1) is 18.9 Å². The highest BCUT2D eigenvalue weighted by Crippen LogP contribution is 2.36. The molecule has 0 radical (unpaired) electrons. The summed E-state index contributed by atoms with van der Waals surface area (Å²) in [5.74, 6) is 0.464. The van der Waals surface area contributed by atoms with E-state index in [0.29, 0.717) is 17.8 Å². The van der Waals surface area contributed by atoms with E-state index >= 15 is 0 Å². The number of morpholine rings is 1. The van der Waals surface area contributed by atoms with Crippen LogP contribution in [-0.4, -0.2) is 81.4 Å². The number of amides is 1. The summed E-state index contributed by atoms with van der Waals surface area (Å²) in [6, 6.07) is 9.37. The van der Waals surface area contributed by atoms with Crippen LogP contribution in [0.5, 0.6) is 5.75 Å². The van der Waals surface area contributed by atoms with Crippen LogP contribution in [-0.2, 0) is 9.53 Å². The Hall–Kier alpha value is -2.97. The first-order chi connectivity index (χ1) is 15.0. The lowest BCUT2D eigenvalue weighted by atomic mass is 9.94. The number of hydrogen-bond acceptors (Lipinski definition) is 6. The zero-order valence-corrected chi connectivity index (χ0v) is 17.8. The predicted octanol–water partition coefficient (Wildman–Crippen LogP) is 2.29. The molecule has 8 nitrogen and oxygen atoms in total. The number of benzene rings is 1. The van der Waals surface area contributed by atoms with Gasteiger partial charge in [-0.3, -0.25) is 9.69 Å². The normalized spacial score (nSPS) is 22.3. The predicted molar refractivity (Wildman–Crippen MR) is 117 cm³/mol. The molecule has 0 aliphatic carbocycles. The van der Waals surface area contributed by atoms with Crippen LogP contribution in [0.15, 0.2) is 30.3 Å². The number of rotatable bonds is 3. The highest BCUT2D eigenvalue weighted by Gasteiger charge is 2.40. The summed E-state index contributed by atoms with van der Waals surface area (Å²) in [5, 5.41) is 20.0. The number of aromatic nitrogens is 3. The van der Waals surface area contributed by atoms with Gasteiger partial charge in [-0.2, -0.15) is 0 Å². The molecule has 0 bridgehead atoms. The zero-order valence-electron chi connectivity index (χ0n) is 17.8. The van der Waals surface area contributed by atoms with E-state index in [-0.39, 0.29) is 23.6 Å². The summed E-state index contributed by atoms with van der Waals surface area (Å²) in [6.45, 7) is 8.36. The van der Waals surface area contributed by atoms with Gasteiger partial charge < -0.3 is 19.7 Å². The fourth-order valence-corrected chi connectivity index (χ4v) is 4.94. The second kappa shape index (κ2) is 7.94. The summed E-state index contributed by atoms with van der Waals surface area (Å²) in [6.07, 6.45) is 0. The number of aromatic amines is 1. The molecule has 2 aromatic heterocycles. The molecule has 162 valence electrons. The fraction of sp³-hybridized carbons (Fsp3) is 0.435. The largest absolute Gasteiger partial charge is 0.507 e. The van der Waals surface area contributed by atoms with E-state index in [9.17, 15) is 9.90 Å². The van der Waals surface area contributed by atoms with Crippen molar-refractivity contribution in [2.45, 2.75) is 25.8 Å². The van der Waals surface area contributed by atoms with Gasteiger partial charge in [-0.25, -0.2) is 0 Å². The quantitative estimate of drug-likeness (QED) is 0.674. The Morgan fingerprint density at radius 3 is 2.71 bits per heavy atom. The number of aryl methyl sites for hydroxylation is 1. The monoisotopic (exact) mass is 421 g/mol. The number of phenolic OH excluding ortho intramolecular Hbond substituents is 1. The minimum Gasteiger partial charge on any atom is -0.507 e. The van der Waals surface area contributed by atoms with E-state index in [4.69, 9.17) is 4.74 Å². The molecule has 1 aromatic carbocycles. The van der Waals surface area contributed by atoms with Crippen LogP contribution in [0.25, 0.3) is 22.3 Å². The molecule has 31 heavy (non-hydrogen) atoms. The molecular formula is C23H27N5O3. The van der Waals surface area contributed by atoms with Gasteiger partial charge in [0.1, 0.15) is 5.75 Å². The average molecular weight is 422 g/mol. The first-order valence-electron chi connectivity index (χ1n) is 10.7. The van der Waals surface area contributed by atoms with Crippen LogP contribution in [0.2, 0.25) is 0 Å². The number of nitrogens with zero attached hydrogens (tertiary/aromatic N) is 4. The molecule has 4 heterocycles. The highest BCUT2D eigenvalue weighted by atomic mass is 16.5. The lowest BCUT2D eigenvalue weighted by molar-refractivity contribution is -0.128. The molecule has 2 N–H and O–H groups in total. The Balaban J connectivity index is 1.54. The molecule has 2 aliphatic rings. The maximum atomic E-state index is 12.2. The lowest BCUT2D eigenvalue weighted by Crippen LogP contribution is -2.47. The molecular weight excluding hydrogens is 394 g/mol. The highest BCUT2D eigenvalue weighted by molar-refractivity contribution is 5.85. The van der Waals surface area contributed by atoms with Crippen molar-refractivity contribution < 1.29 is 14.6 Å². The van der Waals surface area contributed by atoms with Gasteiger partial charge in [0.25, 0.3) is 0 Å². The Morgan fingerprint density at radius 1 is 1.19 bits per heavy atom. The number of phenols is 1. The van der Waals surface area contributed by atoms with Crippen LogP contribution in [0, 0.1) is 6.92 Å². The topological polar surface area (TPSA) is 94.6 Å². The maximum Gasteiger partial charge on any atom is 0.219 e. The Kier molecular flexibility index (Phi) is 5.11. The van der Waals surface area contributed by atoms with Crippen LogP contribution in [0.4, 0.5) is 0 Å². The van der Waals surface area contributed by atoms with Gasteiger partial charge in [-0.1, -0.05) is 12.1 Å². The summed E-state index contributed by atoms with van der Waals surface area (Å²) in [7, 11) is 0. The second-order valence-electron chi connectivity index (χ2n) is 8.42. The number of hydrogen-bond donors (Lipinski definition) is 2. The smallest absolute Gasteiger partial charge is 0.219 e. The number of likely N-dealkylation sites (tertiary alicyclic amines) is 1. The molecule has 0 spiro atoms. The molecule has 2 aliphatic heterocycles. The minimum atomic E-state index is 0.108. The molecule has 2 fully saturated rings. The second-order valence-corrected chi connectivity index (χ2v) is 8.42. The SMILES string of the molecule is CC(=O)N1C[C@H](c2[nH]c3nnc(-c4ccccc4O)cc3c2C)[C@H](N2CCOCC2)C1. The number of carbonyl (C=O) groups excluding carboxylic acids is 1. The molecule has 3 aromatic rings. The van der Waals surface area contributed by atoms with E-state index < -0.39 is 0 Å². The van der Waals surface area contributed by atoms with Crippen molar-refractivity contribution in [3.8, 4) is 17.0 Å². The zero-order chi connectivity index (χ0) is 21.5. The van der Waals surface area contributed by atoms with Crippen LogP contribution in [0.3, 0.4) is 0 Å². The Morgan fingerprint density at radius 2 is 1.97 bits per heavy atom. The van der Waals surface area contributed by atoms with Gasteiger partial charge in [-0.05, 0) is 30.7 Å². The molecule has 2 atom stereocenters. The van der Waals surface area contributed by atoms with Gasteiger partial charge in [0.15, 0.2) is 5.65 Å². The van der Waals surface area contributed by atoms with E-state index in [2.05, 4.69) is 27.0 Å². The molecule has 2 saturated heterocycles. The van der Waals surface area contributed by atoms with E-state index in [0.717, 1.165) is 55.1 Å². The van der Waals surface area contributed by atoms with Gasteiger partial charge in [-0.15, -0.1) is 10.2 Å². The Bertz CT molecular complexity index is 1120. The lowest BCUT2D eigenvalue weighted by Gasteiger charge is -2.34. The van der Waals surface area contributed by atoms with Gasteiger partial charge >= 0.3 is 0 Å². The molecule has 5 rings (SSSR count). The number of carbonyl (C=O) groups is 1. The van der Waals surface area contributed by atoms with E-state index in [1.165, 1.54) is 0 Å². The number of fused-ring (bicyclic) bond motifs is 1. The van der Waals surface area contributed by atoms with Crippen molar-refractivity contribution >= 4 is 16.9 Å². The summed E-state index contributed by atoms with van der Waals surface area (Å²) < 4.78 is 5.54. The third-order valence-electron chi connectivity index (χ3n) is 6.65. The van der Waals surface area contributed by atoms with Gasteiger partial charge in [0, 0.05) is 61.7 Å². The van der Waals surface area contributed by atoms with Crippen molar-refractivity contribution in [3.63, 3.8) is 0 Å². The summed E-state index contributed by atoms with van der Waals surface area (Å²) >= 11 is 0. The first kappa shape index (κ1) is 20.0. The number of aromatic hydroxyl groups is 1. The first-order valence-corrected chi connectivity index (χ1v) is 10.7. The molecule has 1 amide bonds. The standard InChI is InChI=1S/C23H27N5O3/c1-14-17-11-19(16-5-3-4-6-21(16)30)25-26-23(17)24-22(14)18-12-28(15(2)29)13-20(18)27-7-9-31-10-8-27/h3-6,11,18,20,30H,7-10,12-13H2,1-2H3,(H,24,26)/t18-,20+/m0/s1. The number of nitrogens with one attached hydrogen (secondary N) is 1. The van der Waals surface area contributed by atoms with E-state index in [1.807, 2.05) is 23.1 Å². The van der Waals surface area contributed by atoms with Crippen molar-refractivity contribution in [1.82, 2.24) is 25.0 Å². The Labute approximate surface area is 180 Å². The van der Waals surface area contributed by atoms with Crippen molar-refractivity contribution in [3.05, 3.63) is 41.6 Å². The third-order valence-corrected chi connectivity index (χ3v) is 6.65. The van der Waals surface area contributed by atoms with Crippen LogP contribution in [0.1, 0.15) is 24.1 Å². The number of H-pyrrole nitrogens is 1. The van der Waals surface area contributed by atoms with Crippen molar-refractivity contribution in [2.24, 2.45) is 0 Å². The molecule has 0 unspecified atom stereocenters. The molecule has 0 saturated carbocycles. The van der Waals surface area contributed by atoms with Crippen LogP contribution < -0.4 is 0 Å². The average Bonchev–Trinajstić information content (AvgIpc) is 3.36. The van der Waals surface area contributed by atoms with E-state index in [1.54, 1.807) is 19.1 Å². The maximum absolute atomic E-state index is 12.2. The van der Waals surface area contributed by atoms with Crippen LogP contribution >= 0.6 is 0 Å². The number of ether oxygens (including phenoxy) is 1. The van der Waals surface area contributed by atoms with Crippen molar-refractivity contribution in [2.75, 3.05) is 39.4 Å².